The summed E-state index contributed by atoms with van der Waals surface area (Å²) in [5.74, 6) is -0.300. The number of para-hydroxylation sites is 1. The smallest absolute Gasteiger partial charge is 0.331 e. The zero-order chi connectivity index (χ0) is 21.1. The maximum atomic E-state index is 13.0. The highest BCUT2D eigenvalue weighted by Crippen LogP contribution is 2.25. The van der Waals surface area contributed by atoms with Gasteiger partial charge in [-0.05, 0) is 36.1 Å². The molecule has 0 spiro atoms. The van der Waals surface area contributed by atoms with E-state index in [9.17, 15) is 14.4 Å². The van der Waals surface area contributed by atoms with Gasteiger partial charge in [0.2, 0.25) is 5.91 Å². The van der Waals surface area contributed by atoms with Gasteiger partial charge < -0.3 is 5.32 Å². The van der Waals surface area contributed by atoms with Crippen LogP contribution >= 0.6 is 11.3 Å². The van der Waals surface area contributed by atoms with E-state index in [1.807, 2.05) is 47.8 Å². The normalized spacial score (nSPS) is 12.0. The van der Waals surface area contributed by atoms with E-state index in [1.165, 1.54) is 4.57 Å². The van der Waals surface area contributed by atoms with Gasteiger partial charge in [0.25, 0.3) is 5.56 Å². The highest BCUT2D eigenvalue weighted by molar-refractivity contribution is 7.10. The van der Waals surface area contributed by atoms with Crippen LogP contribution in [0.4, 0.5) is 0 Å². The highest BCUT2D eigenvalue weighted by Gasteiger charge is 2.20. The van der Waals surface area contributed by atoms with Crippen molar-refractivity contribution in [2.24, 2.45) is 0 Å². The molecule has 6 nitrogen and oxygen atoms in total. The Kier molecular flexibility index (Phi) is 5.63. The van der Waals surface area contributed by atoms with Gasteiger partial charge in [0.05, 0.1) is 16.9 Å². The summed E-state index contributed by atoms with van der Waals surface area (Å²) in [6.07, 6.45) is 0. The van der Waals surface area contributed by atoms with Crippen molar-refractivity contribution in [1.82, 2.24) is 14.5 Å². The lowest BCUT2D eigenvalue weighted by atomic mass is 10.1. The molecule has 152 valence electrons. The van der Waals surface area contributed by atoms with Crippen LogP contribution in [0.15, 0.2) is 81.7 Å². The molecule has 0 fully saturated rings. The summed E-state index contributed by atoms with van der Waals surface area (Å²) in [5.41, 5.74) is 0.600. The average Bonchev–Trinajstić information content (AvgIpc) is 3.31. The first-order valence-electron chi connectivity index (χ1n) is 9.70. The lowest BCUT2D eigenvalue weighted by Gasteiger charge is -2.19. The second kappa shape index (κ2) is 8.51. The van der Waals surface area contributed by atoms with Crippen molar-refractivity contribution in [3.8, 4) is 0 Å². The minimum absolute atomic E-state index is 0.172. The van der Waals surface area contributed by atoms with Crippen molar-refractivity contribution < 1.29 is 4.79 Å². The maximum Gasteiger partial charge on any atom is 0.331 e. The molecule has 0 radical (unpaired) electrons. The molecule has 2 aromatic carbocycles. The molecule has 0 saturated heterocycles. The maximum absolute atomic E-state index is 13.0. The van der Waals surface area contributed by atoms with Crippen LogP contribution < -0.4 is 16.6 Å². The molecule has 0 saturated carbocycles. The number of hydrogen-bond acceptors (Lipinski definition) is 4. The fourth-order valence-electron chi connectivity index (χ4n) is 3.57. The summed E-state index contributed by atoms with van der Waals surface area (Å²) >= 11 is 1.56. The summed E-state index contributed by atoms with van der Waals surface area (Å²) in [6.45, 7) is 1.81. The van der Waals surface area contributed by atoms with Crippen LogP contribution in [0, 0.1) is 0 Å². The van der Waals surface area contributed by atoms with Gasteiger partial charge in [-0.2, -0.15) is 0 Å². The zero-order valence-electron chi connectivity index (χ0n) is 16.4. The Hall–Kier alpha value is -3.45. The molecular formula is C23H21N3O3S. The van der Waals surface area contributed by atoms with Crippen molar-refractivity contribution >= 4 is 28.1 Å². The fraction of sp³-hybridized carbons (Fsp3) is 0.174. The molecule has 0 bridgehead atoms. The van der Waals surface area contributed by atoms with Crippen LogP contribution in [0.1, 0.15) is 23.4 Å². The number of benzene rings is 2. The summed E-state index contributed by atoms with van der Waals surface area (Å²) in [4.78, 5) is 39.5. The molecule has 1 N–H and O–H groups in total. The summed E-state index contributed by atoms with van der Waals surface area (Å²) in [5, 5.41) is 5.44. The number of nitrogens with zero attached hydrogens (tertiary/aromatic N) is 2. The second-order valence-corrected chi connectivity index (χ2v) is 7.84. The highest BCUT2D eigenvalue weighted by atomic mass is 32.1. The van der Waals surface area contributed by atoms with Crippen LogP contribution in [0.2, 0.25) is 0 Å². The van der Waals surface area contributed by atoms with E-state index in [0.29, 0.717) is 10.9 Å². The molecule has 1 amide bonds. The number of thiophene rings is 1. The topological polar surface area (TPSA) is 73.1 Å². The van der Waals surface area contributed by atoms with Gasteiger partial charge in [-0.25, -0.2) is 4.79 Å². The molecule has 2 heterocycles. The molecule has 2 aromatic heterocycles. The Balaban J connectivity index is 1.71. The third kappa shape index (κ3) is 3.71. The third-order valence-electron chi connectivity index (χ3n) is 5.02. The van der Waals surface area contributed by atoms with Crippen LogP contribution in [0.3, 0.4) is 0 Å². The summed E-state index contributed by atoms with van der Waals surface area (Å²) in [7, 11) is 0. The van der Waals surface area contributed by atoms with Crippen molar-refractivity contribution in [2.75, 3.05) is 0 Å². The third-order valence-corrected chi connectivity index (χ3v) is 5.95. The van der Waals surface area contributed by atoms with Gasteiger partial charge in [-0.15, -0.1) is 11.3 Å². The van der Waals surface area contributed by atoms with Crippen LogP contribution in [0.5, 0.6) is 0 Å². The Morgan fingerprint density at radius 1 is 0.967 bits per heavy atom. The molecule has 7 heteroatoms. The first-order chi connectivity index (χ1) is 14.6. The van der Waals surface area contributed by atoms with E-state index < -0.39 is 5.69 Å². The Morgan fingerprint density at radius 3 is 2.40 bits per heavy atom. The lowest BCUT2D eigenvalue weighted by molar-refractivity contribution is -0.122. The van der Waals surface area contributed by atoms with Crippen molar-refractivity contribution in [1.29, 1.82) is 0 Å². The standard InChI is InChI=1S/C23H21N3O3S/c1-2-25-22(28)17-11-6-7-12-18(17)26(23(25)29)15-20(27)24-21(19-13-8-14-30-19)16-9-4-3-5-10-16/h3-14,21H,2,15H2,1H3,(H,24,27). The molecule has 4 rings (SSSR count). The largest absolute Gasteiger partial charge is 0.343 e. The Bertz CT molecular complexity index is 1290. The minimum atomic E-state index is -0.483. The van der Waals surface area contributed by atoms with Crippen LogP contribution in [-0.4, -0.2) is 15.0 Å². The minimum Gasteiger partial charge on any atom is -0.343 e. The van der Waals surface area contributed by atoms with Crippen molar-refractivity contribution in [3.05, 3.63) is 103 Å². The number of aromatic nitrogens is 2. The summed E-state index contributed by atoms with van der Waals surface area (Å²) in [6, 6.07) is 20.2. The molecule has 1 atom stereocenters. The van der Waals surface area contributed by atoms with Gasteiger partial charge in [0.15, 0.2) is 0 Å². The number of fused-ring (bicyclic) bond motifs is 1. The SMILES string of the molecule is CCn1c(=O)c2ccccc2n(CC(=O)NC(c2ccccc2)c2cccs2)c1=O. The lowest BCUT2D eigenvalue weighted by Crippen LogP contribution is -2.42. The molecule has 0 aliphatic carbocycles. The van der Waals surface area contributed by atoms with Gasteiger partial charge in [-0.3, -0.25) is 18.7 Å². The Labute approximate surface area is 177 Å². The predicted molar refractivity (Wildman–Crippen MR) is 119 cm³/mol. The van der Waals surface area contributed by atoms with E-state index in [2.05, 4.69) is 5.32 Å². The van der Waals surface area contributed by atoms with E-state index in [1.54, 1.807) is 42.5 Å². The molecule has 30 heavy (non-hydrogen) atoms. The zero-order valence-corrected chi connectivity index (χ0v) is 17.3. The number of hydrogen-bond donors (Lipinski definition) is 1. The average molecular weight is 420 g/mol. The quantitative estimate of drug-likeness (QED) is 0.522. The van der Waals surface area contributed by atoms with Crippen molar-refractivity contribution in [3.63, 3.8) is 0 Å². The molecule has 1 unspecified atom stereocenters. The molecule has 0 aliphatic rings. The monoisotopic (exact) mass is 419 g/mol. The van der Waals surface area contributed by atoms with E-state index in [0.717, 1.165) is 15.0 Å². The van der Waals surface area contributed by atoms with E-state index in [4.69, 9.17) is 0 Å². The fourth-order valence-corrected chi connectivity index (χ4v) is 4.38. The number of amides is 1. The van der Waals surface area contributed by atoms with Gasteiger partial charge in [0.1, 0.15) is 6.54 Å². The van der Waals surface area contributed by atoms with E-state index in [-0.39, 0.29) is 30.6 Å². The van der Waals surface area contributed by atoms with Crippen molar-refractivity contribution in [2.45, 2.75) is 26.1 Å². The van der Waals surface area contributed by atoms with Gasteiger partial charge in [0, 0.05) is 11.4 Å². The Morgan fingerprint density at radius 2 is 1.70 bits per heavy atom. The predicted octanol–water partition coefficient (Wildman–Crippen LogP) is 3.15. The molecule has 4 aromatic rings. The number of rotatable bonds is 6. The number of carbonyl (C=O) groups is 1. The van der Waals surface area contributed by atoms with Gasteiger partial charge >= 0.3 is 5.69 Å². The molecular weight excluding hydrogens is 398 g/mol. The summed E-state index contributed by atoms with van der Waals surface area (Å²) < 4.78 is 2.52. The first-order valence-corrected chi connectivity index (χ1v) is 10.6. The second-order valence-electron chi connectivity index (χ2n) is 6.86. The number of carbonyl (C=O) groups excluding carboxylic acids is 1. The van der Waals surface area contributed by atoms with Gasteiger partial charge in [-0.1, -0.05) is 48.5 Å². The van der Waals surface area contributed by atoms with Crippen LogP contribution in [-0.2, 0) is 17.9 Å². The van der Waals surface area contributed by atoms with E-state index >= 15 is 0 Å². The molecule has 0 aliphatic heterocycles. The first kappa shape index (κ1) is 19.8. The number of nitrogens with one attached hydrogen (secondary N) is 1. The van der Waals surface area contributed by atoms with Crippen LogP contribution in [0.25, 0.3) is 10.9 Å².